The van der Waals surface area contributed by atoms with Gasteiger partial charge in [-0.1, -0.05) is 30.3 Å². The van der Waals surface area contributed by atoms with Crippen molar-refractivity contribution in [1.29, 1.82) is 0 Å². The van der Waals surface area contributed by atoms with E-state index in [4.69, 9.17) is 9.47 Å². The van der Waals surface area contributed by atoms with Crippen molar-refractivity contribution in [2.24, 2.45) is 0 Å². The largest absolute Gasteiger partial charge is 0.489 e. The molecule has 4 nitrogen and oxygen atoms in total. The van der Waals surface area contributed by atoms with Crippen LogP contribution in [-0.4, -0.2) is 11.7 Å². The Balaban J connectivity index is 2.10. The van der Waals surface area contributed by atoms with Crippen molar-refractivity contribution in [3.63, 3.8) is 0 Å². The van der Waals surface area contributed by atoms with E-state index < -0.39 is 17.7 Å². The lowest BCUT2D eigenvalue weighted by atomic mass is 10.1. The van der Waals surface area contributed by atoms with Gasteiger partial charge in [0, 0.05) is 5.56 Å². The highest BCUT2D eigenvalue weighted by molar-refractivity contribution is 5.68. The van der Waals surface area contributed by atoms with Crippen LogP contribution in [-0.2, 0) is 11.3 Å². The van der Waals surface area contributed by atoms with E-state index in [0.29, 0.717) is 17.9 Å². The van der Waals surface area contributed by atoms with Crippen LogP contribution in [0, 0.1) is 5.82 Å². The Labute approximate surface area is 148 Å². The predicted octanol–water partition coefficient (Wildman–Crippen LogP) is 4.99. The summed E-state index contributed by atoms with van der Waals surface area (Å²) < 4.78 is 24.7. The Kier molecular flexibility index (Phi) is 6.02. The first kappa shape index (κ1) is 18.8. The number of hydrogen-bond donors (Lipinski definition) is 1. The maximum absolute atomic E-state index is 13.7. The standard InChI is InChI=1S/C20H24FNO3/c1-14(22-19(23)25-20(2,3)4)17-12-16(21)10-11-18(17)24-13-15-8-6-5-7-9-15/h5-12,14H,13H2,1-4H3,(H,22,23). The zero-order valence-electron chi connectivity index (χ0n) is 15.0. The number of ether oxygens (including phenoxy) is 2. The molecule has 0 saturated carbocycles. The van der Waals surface area contributed by atoms with Crippen LogP contribution in [0.4, 0.5) is 9.18 Å². The van der Waals surface area contributed by atoms with Crippen LogP contribution in [0.5, 0.6) is 5.75 Å². The van der Waals surface area contributed by atoms with Gasteiger partial charge < -0.3 is 14.8 Å². The van der Waals surface area contributed by atoms with E-state index in [0.717, 1.165) is 5.56 Å². The molecule has 0 saturated heterocycles. The van der Waals surface area contributed by atoms with E-state index in [2.05, 4.69) is 5.32 Å². The summed E-state index contributed by atoms with van der Waals surface area (Å²) in [6.07, 6.45) is -0.557. The molecular weight excluding hydrogens is 321 g/mol. The highest BCUT2D eigenvalue weighted by Gasteiger charge is 2.20. The minimum Gasteiger partial charge on any atom is -0.489 e. The highest BCUT2D eigenvalue weighted by atomic mass is 19.1. The van der Waals surface area contributed by atoms with Gasteiger partial charge in [-0.2, -0.15) is 0 Å². The summed E-state index contributed by atoms with van der Waals surface area (Å²) in [6, 6.07) is 13.5. The molecule has 1 unspecified atom stereocenters. The summed E-state index contributed by atoms with van der Waals surface area (Å²) >= 11 is 0. The molecule has 0 aliphatic carbocycles. The molecule has 0 spiro atoms. The Morgan fingerprint density at radius 1 is 1.16 bits per heavy atom. The SMILES string of the molecule is CC(NC(=O)OC(C)(C)C)c1cc(F)ccc1OCc1ccccc1. The number of amides is 1. The molecule has 0 aliphatic heterocycles. The van der Waals surface area contributed by atoms with E-state index in [1.54, 1.807) is 33.8 Å². The predicted molar refractivity (Wildman–Crippen MR) is 95.0 cm³/mol. The van der Waals surface area contributed by atoms with Crippen LogP contribution in [0.3, 0.4) is 0 Å². The van der Waals surface area contributed by atoms with Gasteiger partial charge >= 0.3 is 6.09 Å². The zero-order chi connectivity index (χ0) is 18.4. The fourth-order valence-corrected chi connectivity index (χ4v) is 2.29. The summed E-state index contributed by atoms with van der Waals surface area (Å²) in [4.78, 5) is 12.0. The number of hydrogen-bond acceptors (Lipinski definition) is 3. The average molecular weight is 345 g/mol. The van der Waals surface area contributed by atoms with Gasteiger partial charge in [0.15, 0.2) is 0 Å². The molecule has 134 valence electrons. The maximum atomic E-state index is 13.7. The molecule has 1 N–H and O–H groups in total. The molecule has 0 radical (unpaired) electrons. The molecule has 0 bridgehead atoms. The van der Waals surface area contributed by atoms with Crippen molar-refractivity contribution in [2.75, 3.05) is 0 Å². The molecule has 1 amide bonds. The monoisotopic (exact) mass is 345 g/mol. The number of benzene rings is 2. The van der Waals surface area contributed by atoms with Gasteiger partial charge in [0.25, 0.3) is 0 Å². The van der Waals surface area contributed by atoms with Gasteiger partial charge in [-0.05, 0) is 51.5 Å². The summed E-state index contributed by atoms with van der Waals surface area (Å²) in [6.45, 7) is 7.47. The van der Waals surface area contributed by atoms with Crippen molar-refractivity contribution in [3.8, 4) is 5.75 Å². The van der Waals surface area contributed by atoms with Crippen LogP contribution in [0.25, 0.3) is 0 Å². The summed E-state index contributed by atoms with van der Waals surface area (Å²) in [5.41, 5.74) is 0.964. The first-order valence-corrected chi connectivity index (χ1v) is 8.20. The molecule has 0 heterocycles. The van der Waals surface area contributed by atoms with E-state index in [1.165, 1.54) is 12.1 Å². The summed E-state index contributed by atoms with van der Waals surface area (Å²) in [5.74, 6) is 0.133. The molecule has 2 rings (SSSR count). The Morgan fingerprint density at radius 3 is 2.48 bits per heavy atom. The summed E-state index contributed by atoms with van der Waals surface area (Å²) in [5, 5.41) is 2.71. The third kappa shape index (κ3) is 6.10. The average Bonchev–Trinajstić information content (AvgIpc) is 2.52. The number of halogens is 1. The third-order valence-corrected chi connectivity index (χ3v) is 3.41. The number of carbonyl (C=O) groups is 1. The fraction of sp³-hybridized carbons (Fsp3) is 0.350. The van der Waals surface area contributed by atoms with Crippen LogP contribution < -0.4 is 10.1 Å². The number of alkyl carbamates (subject to hydrolysis) is 1. The molecule has 2 aromatic carbocycles. The maximum Gasteiger partial charge on any atom is 0.408 e. The molecule has 0 aromatic heterocycles. The molecule has 2 aromatic rings. The van der Waals surface area contributed by atoms with Crippen molar-refractivity contribution >= 4 is 6.09 Å². The first-order valence-electron chi connectivity index (χ1n) is 8.20. The first-order chi connectivity index (χ1) is 11.7. The second-order valence-electron chi connectivity index (χ2n) is 6.82. The van der Waals surface area contributed by atoms with Gasteiger partial charge in [-0.25, -0.2) is 9.18 Å². The van der Waals surface area contributed by atoms with Gasteiger partial charge in [-0.15, -0.1) is 0 Å². The number of nitrogens with one attached hydrogen (secondary N) is 1. The quantitative estimate of drug-likeness (QED) is 0.830. The second-order valence-corrected chi connectivity index (χ2v) is 6.82. The fourth-order valence-electron chi connectivity index (χ4n) is 2.29. The van der Waals surface area contributed by atoms with Crippen LogP contribution in [0.15, 0.2) is 48.5 Å². The number of carbonyl (C=O) groups excluding carboxylic acids is 1. The second kappa shape index (κ2) is 8.01. The smallest absolute Gasteiger partial charge is 0.408 e. The minimum atomic E-state index is -0.599. The topological polar surface area (TPSA) is 47.6 Å². The Hall–Kier alpha value is -2.56. The van der Waals surface area contributed by atoms with Gasteiger partial charge in [-0.3, -0.25) is 0 Å². The van der Waals surface area contributed by atoms with Crippen molar-refractivity contribution in [2.45, 2.75) is 45.9 Å². The molecular formula is C20H24FNO3. The van der Waals surface area contributed by atoms with Crippen LogP contribution in [0.2, 0.25) is 0 Å². The lowest BCUT2D eigenvalue weighted by Gasteiger charge is -2.23. The van der Waals surface area contributed by atoms with Crippen LogP contribution >= 0.6 is 0 Å². The van der Waals surface area contributed by atoms with Gasteiger partial charge in [0.05, 0.1) is 6.04 Å². The number of rotatable bonds is 5. The van der Waals surface area contributed by atoms with E-state index >= 15 is 0 Å². The highest BCUT2D eigenvalue weighted by Crippen LogP contribution is 2.27. The molecule has 0 aliphatic rings. The van der Waals surface area contributed by atoms with E-state index in [1.807, 2.05) is 30.3 Å². The summed E-state index contributed by atoms with van der Waals surface area (Å²) in [7, 11) is 0. The lowest BCUT2D eigenvalue weighted by molar-refractivity contribution is 0.0507. The third-order valence-electron chi connectivity index (χ3n) is 3.41. The van der Waals surface area contributed by atoms with Gasteiger partial charge in [0.2, 0.25) is 0 Å². The van der Waals surface area contributed by atoms with Gasteiger partial charge in [0.1, 0.15) is 23.8 Å². The van der Waals surface area contributed by atoms with Crippen molar-refractivity contribution < 1.29 is 18.7 Å². The minimum absolute atomic E-state index is 0.360. The molecule has 5 heteroatoms. The van der Waals surface area contributed by atoms with E-state index in [-0.39, 0.29) is 5.82 Å². The zero-order valence-corrected chi connectivity index (χ0v) is 15.0. The van der Waals surface area contributed by atoms with Crippen LogP contribution in [0.1, 0.15) is 44.9 Å². The Morgan fingerprint density at radius 2 is 1.84 bits per heavy atom. The lowest BCUT2D eigenvalue weighted by Crippen LogP contribution is -2.34. The molecule has 1 atom stereocenters. The van der Waals surface area contributed by atoms with Crippen molar-refractivity contribution in [1.82, 2.24) is 5.32 Å². The normalized spacial score (nSPS) is 12.4. The molecule has 25 heavy (non-hydrogen) atoms. The molecule has 0 fully saturated rings. The Bertz CT molecular complexity index is 711. The van der Waals surface area contributed by atoms with Crippen molar-refractivity contribution in [3.05, 3.63) is 65.5 Å². The van der Waals surface area contributed by atoms with E-state index in [9.17, 15) is 9.18 Å².